The van der Waals surface area contributed by atoms with Crippen LogP contribution in [0.5, 0.6) is 0 Å². The molecule has 4 heterocycles. The molecule has 1 N–H and O–H groups in total. The topological polar surface area (TPSA) is 126 Å². The van der Waals surface area contributed by atoms with Crippen molar-refractivity contribution in [2.75, 3.05) is 24.7 Å². The summed E-state index contributed by atoms with van der Waals surface area (Å²) in [6, 6.07) is 3.58. The fourth-order valence-corrected chi connectivity index (χ4v) is 6.07. The molecule has 1 saturated carbocycles. The van der Waals surface area contributed by atoms with Gasteiger partial charge in [-0.05, 0) is 25.3 Å². The number of fused-ring (bicyclic) bond motifs is 1. The quantitative estimate of drug-likeness (QED) is 0.515. The molecule has 1 aliphatic carbocycles. The van der Waals surface area contributed by atoms with E-state index in [-0.39, 0.29) is 15.9 Å². The van der Waals surface area contributed by atoms with Gasteiger partial charge in [0.05, 0.1) is 37.2 Å². The zero-order valence-electron chi connectivity index (χ0n) is 18.1. The lowest BCUT2D eigenvalue weighted by Gasteiger charge is -2.37. The number of anilines is 1. The number of nitrogens with one attached hydrogen (secondary N) is 1. The second-order valence-electron chi connectivity index (χ2n) is 8.27. The molecule has 180 valence electrons. The monoisotopic (exact) mass is 509 g/mol. The van der Waals surface area contributed by atoms with Gasteiger partial charge in [-0.15, -0.1) is 10.2 Å². The Hall–Kier alpha value is -2.73. The summed E-state index contributed by atoms with van der Waals surface area (Å²) in [7, 11) is -4.06. The number of rotatable bonds is 7. The van der Waals surface area contributed by atoms with Gasteiger partial charge in [0.1, 0.15) is 16.1 Å². The number of ether oxygens (including phenoxy) is 1. The van der Waals surface area contributed by atoms with Gasteiger partial charge >= 0.3 is 0 Å². The lowest BCUT2D eigenvalue weighted by atomic mass is 10.1. The molecule has 0 radical (unpaired) electrons. The molecule has 0 aromatic carbocycles. The zero-order valence-corrected chi connectivity index (χ0v) is 19.7. The molecule has 0 bridgehead atoms. The first-order valence-electron chi connectivity index (χ1n) is 10.7. The molecule has 14 heteroatoms. The van der Waals surface area contributed by atoms with Gasteiger partial charge < -0.3 is 9.64 Å². The molecule has 34 heavy (non-hydrogen) atoms. The van der Waals surface area contributed by atoms with Crippen LogP contribution in [0.25, 0.3) is 16.3 Å². The van der Waals surface area contributed by atoms with Crippen molar-refractivity contribution in [3.05, 3.63) is 23.5 Å². The fraction of sp³-hybridized carbons (Fsp3) is 0.500. The molecule has 2 fully saturated rings. The molecule has 0 unspecified atom stereocenters. The van der Waals surface area contributed by atoms with Crippen molar-refractivity contribution in [1.82, 2.24) is 24.3 Å². The summed E-state index contributed by atoms with van der Waals surface area (Å²) < 4.78 is 62.4. The Morgan fingerprint density at radius 1 is 1.41 bits per heavy atom. The molecule has 3 aromatic heterocycles. The van der Waals surface area contributed by atoms with Gasteiger partial charge in [-0.25, -0.2) is 22.2 Å². The lowest BCUT2D eigenvalue weighted by Crippen LogP contribution is -2.45. The first-order valence-corrected chi connectivity index (χ1v) is 13.0. The molecular weight excluding hydrogens is 488 g/mol. The summed E-state index contributed by atoms with van der Waals surface area (Å²) in [6.07, 6.45) is 1.73. The maximum atomic E-state index is 13.3. The van der Waals surface area contributed by atoms with Crippen LogP contribution >= 0.6 is 11.3 Å². The van der Waals surface area contributed by atoms with Crippen molar-refractivity contribution < 1.29 is 21.9 Å². The van der Waals surface area contributed by atoms with Crippen molar-refractivity contribution in [2.24, 2.45) is 0 Å². The van der Waals surface area contributed by atoms with Crippen LogP contribution in [0.2, 0.25) is 0 Å². The number of pyridine rings is 1. The third kappa shape index (κ3) is 4.02. The first-order chi connectivity index (χ1) is 16.3. The van der Waals surface area contributed by atoms with Gasteiger partial charge in [0, 0.05) is 12.7 Å². The van der Waals surface area contributed by atoms with Gasteiger partial charge in [0.25, 0.3) is 6.43 Å². The number of morpholine rings is 1. The summed E-state index contributed by atoms with van der Waals surface area (Å²) in [6.45, 7) is 3.50. The standard InChI is InChI=1S/C20H21F2N7O3S2/c1-2-12-10-32-6-5-28(12)14-7-13(34(30,31)27-20(11-23)3-4-20)9-29-15(8-24-17(14)29)18-25-26-19(33-18)16(21)22/h7-9,12,16,27H,2-6,10H2,1H3/t12-/m0/s1. The second kappa shape index (κ2) is 8.49. The number of aromatic nitrogens is 4. The van der Waals surface area contributed by atoms with Crippen molar-refractivity contribution >= 4 is 32.7 Å². The number of halogens is 2. The summed E-state index contributed by atoms with van der Waals surface area (Å²) >= 11 is 0.722. The lowest BCUT2D eigenvalue weighted by molar-refractivity contribution is 0.0930. The van der Waals surface area contributed by atoms with Crippen LogP contribution in [0, 0.1) is 11.3 Å². The van der Waals surface area contributed by atoms with Crippen molar-refractivity contribution in [3.63, 3.8) is 0 Å². The highest BCUT2D eigenvalue weighted by molar-refractivity contribution is 7.89. The van der Waals surface area contributed by atoms with Crippen LogP contribution in [-0.4, -0.2) is 59.3 Å². The largest absolute Gasteiger partial charge is 0.377 e. The van der Waals surface area contributed by atoms with Crippen LogP contribution in [0.3, 0.4) is 0 Å². The summed E-state index contributed by atoms with van der Waals surface area (Å²) in [4.78, 5) is 6.48. The van der Waals surface area contributed by atoms with E-state index < -0.39 is 27.0 Å². The minimum atomic E-state index is -4.06. The smallest absolute Gasteiger partial charge is 0.291 e. The predicted octanol–water partition coefficient (Wildman–Crippen LogP) is 2.74. The minimum absolute atomic E-state index is 0.00413. The Morgan fingerprint density at radius 3 is 2.85 bits per heavy atom. The molecular formula is C20H21F2N7O3S2. The Kier molecular flexibility index (Phi) is 5.75. The summed E-state index contributed by atoms with van der Waals surface area (Å²) in [5, 5.41) is 16.5. The number of hydrogen-bond acceptors (Lipinski definition) is 9. The number of sulfonamides is 1. The number of hydrogen-bond donors (Lipinski definition) is 1. The minimum Gasteiger partial charge on any atom is -0.377 e. The molecule has 5 rings (SSSR count). The van der Waals surface area contributed by atoms with Crippen LogP contribution in [0.15, 0.2) is 23.4 Å². The van der Waals surface area contributed by atoms with E-state index in [0.717, 1.165) is 17.8 Å². The highest BCUT2D eigenvalue weighted by Gasteiger charge is 2.47. The highest BCUT2D eigenvalue weighted by Crippen LogP contribution is 2.38. The SMILES string of the molecule is CC[C@H]1COCCN1c1cc(S(=O)(=O)NC2(C#N)CC2)cn2c(-c3nnc(C(F)F)s3)cnc12. The van der Waals surface area contributed by atoms with Crippen LogP contribution in [-0.2, 0) is 14.8 Å². The number of alkyl halides is 2. The third-order valence-electron chi connectivity index (χ3n) is 6.02. The Morgan fingerprint density at radius 2 is 2.21 bits per heavy atom. The van der Waals surface area contributed by atoms with Gasteiger partial charge in [-0.3, -0.25) is 4.40 Å². The van der Waals surface area contributed by atoms with Gasteiger partial charge in [-0.1, -0.05) is 18.3 Å². The van der Waals surface area contributed by atoms with E-state index in [1.165, 1.54) is 16.8 Å². The number of nitrogens with zero attached hydrogens (tertiary/aromatic N) is 6. The van der Waals surface area contributed by atoms with E-state index in [0.29, 0.717) is 49.6 Å². The Bertz CT molecular complexity index is 1380. The summed E-state index contributed by atoms with van der Waals surface area (Å²) in [5.41, 5.74) is 0.289. The average Bonchev–Trinajstić information content (AvgIpc) is 3.22. The number of imidazole rings is 1. The van der Waals surface area contributed by atoms with Gasteiger partial charge in [0.2, 0.25) is 10.0 Å². The van der Waals surface area contributed by atoms with E-state index in [2.05, 4.69) is 24.8 Å². The molecule has 3 aromatic rings. The molecule has 10 nitrogen and oxygen atoms in total. The van der Waals surface area contributed by atoms with Crippen LogP contribution in [0.4, 0.5) is 14.5 Å². The van der Waals surface area contributed by atoms with Crippen molar-refractivity contribution in [1.29, 1.82) is 5.26 Å². The maximum Gasteiger partial charge on any atom is 0.291 e. The zero-order chi connectivity index (χ0) is 24.1. The molecule has 0 spiro atoms. The van der Waals surface area contributed by atoms with Crippen molar-refractivity contribution in [2.45, 2.75) is 49.1 Å². The number of nitriles is 1. The predicted molar refractivity (Wildman–Crippen MR) is 119 cm³/mol. The summed E-state index contributed by atoms with van der Waals surface area (Å²) in [5.74, 6) is 0. The van der Waals surface area contributed by atoms with Gasteiger partial charge in [0.15, 0.2) is 15.7 Å². The van der Waals surface area contributed by atoms with Crippen molar-refractivity contribution in [3.8, 4) is 16.8 Å². The van der Waals surface area contributed by atoms with Crippen LogP contribution in [0.1, 0.15) is 37.6 Å². The molecule has 1 saturated heterocycles. The Balaban J connectivity index is 1.68. The fourth-order valence-electron chi connectivity index (χ4n) is 3.98. The maximum absolute atomic E-state index is 13.3. The third-order valence-corrected chi connectivity index (χ3v) is 8.48. The molecule has 2 aliphatic rings. The van der Waals surface area contributed by atoms with E-state index >= 15 is 0 Å². The van der Waals surface area contributed by atoms with Gasteiger partial charge in [-0.2, -0.15) is 9.98 Å². The van der Waals surface area contributed by atoms with E-state index in [1.54, 1.807) is 6.07 Å². The van der Waals surface area contributed by atoms with E-state index in [1.807, 2.05) is 13.0 Å². The van der Waals surface area contributed by atoms with Crippen LogP contribution < -0.4 is 9.62 Å². The average molecular weight is 510 g/mol. The second-order valence-corrected chi connectivity index (χ2v) is 11.0. The first kappa shape index (κ1) is 23.0. The molecule has 0 amide bonds. The molecule has 1 atom stereocenters. The Labute approximate surface area is 198 Å². The van der Waals surface area contributed by atoms with E-state index in [4.69, 9.17) is 4.74 Å². The molecule has 1 aliphatic heterocycles. The highest BCUT2D eigenvalue weighted by atomic mass is 32.2. The normalized spacial score (nSPS) is 20.1. The van der Waals surface area contributed by atoms with E-state index in [9.17, 15) is 22.5 Å².